The molecule has 18 heavy (non-hydrogen) atoms. The van der Waals surface area contributed by atoms with Crippen molar-refractivity contribution in [3.63, 3.8) is 0 Å². The summed E-state index contributed by atoms with van der Waals surface area (Å²) in [4.78, 5) is 13.7. The van der Waals surface area contributed by atoms with E-state index >= 15 is 0 Å². The van der Waals surface area contributed by atoms with E-state index in [0.717, 1.165) is 0 Å². The van der Waals surface area contributed by atoms with Crippen molar-refractivity contribution in [1.29, 1.82) is 0 Å². The maximum Gasteiger partial charge on any atom is 0.223 e. The van der Waals surface area contributed by atoms with Crippen LogP contribution in [-0.2, 0) is 4.79 Å². The minimum atomic E-state index is -0.0418. The smallest absolute Gasteiger partial charge is 0.223 e. The van der Waals surface area contributed by atoms with Crippen LogP contribution in [0.2, 0.25) is 0 Å². The van der Waals surface area contributed by atoms with Gasteiger partial charge in [-0.15, -0.1) is 0 Å². The Hall–Kier alpha value is -0.910. The second-order valence-electron chi connectivity index (χ2n) is 4.82. The minimum Gasteiger partial charge on any atom is -0.359 e. The number of carbonyl (C=O) groups is 1. The molecule has 0 radical (unpaired) electrons. The molecule has 0 saturated carbocycles. The van der Waals surface area contributed by atoms with Gasteiger partial charge < -0.3 is 11.1 Å². The van der Waals surface area contributed by atoms with E-state index in [1.165, 1.54) is 5.56 Å². The van der Waals surface area contributed by atoms with Crippen molar-refractivity contribution in [2.75, 3.05) is 20.6 Å². The highest BCUT2D eigenvalue weighted by molar-refractivity contribution is 7.07. The van der Waals surface area contributed by atoms with E-state index in [1.807, 2.05) is 20.9 Å². The maximum absolute atomic E-state index is 11.6. The highest BCUT2D eigenvalue weighted by Gasteiger charge is 2.24. The Bertz CT molecular complexity index is 364. The van der Waals surface area contributed by atoms with E-state index < -0.39 is 0 Å². The Morgan fingerprint density at radius 3 is 2.67 bits per heavy atom. The number of carbonyl (C=O) groups excluding carboxylic acids is 1. The Kier molecular flexibility index (Phi) is 5.78. The number of hydrogen-bond donors (Lipinski definition) is 2. The third-order valence-corrected chi connectivity index (χ3v) is 3.81. The lowest BCUT2D eigenvalue weighted by atomic mass is 10.0. The largest absolute Gasteiger partial charge is 0.359 e. The molecular formula is C13H23N3OS. The molecule has 0 aliphatic carbocycles. The quantitative estimate of drug-likeness (QED) is 0.822. The Morgan fingerprint density at radius 1 is 1.56 bits per heavy atom. The lowest BCUT2D eigenvalue weighted by Gasteiger charge is -2.32. The van der Waals surface area contributed by atoms with E-state index in [9.17, 15) is 4.79 Å². The van der Waals surface area contributed by atoms with Gasteiger partial charge in [0.25, 0.3) is 0 Å². The van der Waals surface area contributed by atoms with Crippen molar-refractivity contribution >= 4 is 17.2 Å². The lowest BCUT2D eigenvalue weighted by molar-refractivity contribution is -0.124. The molecule has 0 spiro atoms. The summed E-state index contributed by atoms with van der Waals surface area (Å²) in [6.07, 6.45) is 0. The first kappa shape index (κ1) is 15.1. The standard InChI is InChI=1S/C13H23N3OS/c1-9(13(17)15-3)7-16(4)12(10(2)14)11-5-6-18-8-11/h5-6,8-10,12H,7,14H2,1-4H3,(H,15,17). The Morgan fingerprint density at radius 2 is 2.22 bits per heavy atom. The first-order chi connectivity index (χ1) is 8.47. The molecule has 4 nitrogen and oxygen atoms in total. The average molecular weight is 269 g/mol. The fraction of sp³-hybridized carbons (Fsp3) is 0.615. The molecule has 0 bridgehead atoms. The van der Waals surface area contributed by atoms with Crippen LogP contribution in [0.25, 0.3) is 0 Å². The van der Waals surface area contributed by atoms with Gasteiger partial charge in [0.15, 0.2) is 0 Å². The molecular weight excluding hydrogens is 246 g/mol. The normalized spacial score (nSPS) is 16.3. The van der Waals surface area contributed by atoms with Gasteiger partial charge in [-0.3, -0.25) is 9.69 Å². The number of thiophene rings is 1. The summed E-state index contributed by atoms with van der Waals surface area (Å²) < 4.78 is 0. The van der Waals surface area contributed by atoms with Crippen LogP contribution in [0.4, 0.5) is 0 Å². The van der Waals surface area contributed by atoms with Crippen LogP contribution in [0.3, 0.4) is 0 Å². The van der Waals surface area contributed by atoms with Crippen LogP contribution in [0.15, 0.2) is 16.8 Å². The van der Waals surface area contributed by atoms with Crippen LogP contribution in [0.1, 0.15) is 25.5 Å². The first-order valence-corrected chi connectivity index (χ1v) is 7.11. The molecule has 3 N–H and O–H groups in total. The summed E-state index contributed by atoms with van der Waals surface area (Å²) in [7, 11) is 3.69. The van der Waals surface area contributed by atoms with E-state index in [4.69, 9.17) is 5.73 Å². The summed E-state index contributed by atoms with van der Waals surface area (Å²) in [5.41, 5.74) is 7.30. The van der Waals surface area contributed by atoms with Gasteiger partial charge in [0, 0.05) is 25.6 Å². The first-order valence-electron chi connectivity index (χ1n) is 6.16. The predicted molar refractivity (Wildman–Crippen MR) is 76.6 cm³/mol. The second-order valence-corrected chi connectivity index (χ2v) is 5.60. The fourth-order valence-corrected chi connectivity index (χ4v) is 2.97. The molecule has 1 aromatic rings. The number of rotatable bonds is 6. The van der Waals surface area contributed by atoms with Gasteiger partial charge in [0.1, 0.15) is 0 Å². The minimum absolute atomic E-state index is 0.0292. The molecule has 102 valence electrons. The molecule has 1 heterocycles. The zero-order valence-corrected chi connectivity index (χ0v) is 12.3. The van der Waals surface area contributed by atoms with Crippen molar-refractivity contribution in [3.05, 3.63) is 22.4 Å². The third kappa shape index (κ3) is 3.80. The zero-order chi connectivity index (χ0) is 13.7. The molecule has 5 heteroatoms. The second kappa shape index (κ2) is 6.87. The fourth-order valence-electron chi connectivity index (χ4n) is 2.28. The maximum atomic E-state index is 11.6. The Balaban J connectivity index is 2.72. The SMILES string of the molecule is CNC(=O)C(C)CN(C)C(c1ccsc1)C(C)N. The molecule has 1 rings (SSSR count). The number of nitrogens with zero attached hydrogens (tertiary/aromatic N) is 1. The van der Waals surface area contributed by atoms with E-state index in [1.54, 1.807) is 18.4 Å². The van der Waals surface area contributed by atoms with Crippen LogP contribution < -0.4 is 11.1 Å². The van der Waals surface area contributed by atoms with Gasteiger partial charge in [-0.05, 0) is 36.4 Å². The summed E-state index contributed by atoms with van der Waals surface area (Å²) >= 11 is 1.67. The Labute approximate surface area is 113 Å². The molecule has 0 aliphatic rings. The van der Waals surface area contributed by atoms with Gasteiger partial charge in [-0.1, -0.05) is 6.92 Å². The molecule has 0 aliphatic heterocycles. The third-order valence-electron chi connectivity index (χ3n) is 3.11. The van der Waals surface area contributed by atoms with Crippen LogP contribution in [0.5, 0.6) is 0 Å². The lowest BCUT2D eigenvalue weighted by Crippen LogP contribution is -2.41. The average Bonchev–Trinajstić information content (AvgIpc) is 2.80. The summed E-state index contributed by atoms with van der Waals surface area (Å²) in [6.45, 7) is 4.63. The van der Waals surface area contributed by atoms with Gasteiger partial charge in [-0.2, -0.15) is 11.3 Å². The molecule has 1 aromatic heterocycles. The van der Waals surface area contributed by atoms with Crippen molar-refractivity contribution in [2.45, 2.75) is 25.9 Å². The van der Waals surface area contributed by atoms with Crippen molar-refractivity contribution in [3.8, 4) is 0 Å². The molecule has 0 aromatic carbocycles. The molecule has 0 saturated heterocycles. The summed E-state index contributed by atoms with van der Waals surface area (Å²) in [5.74, 6) is 0.0236. The number of hydrogen-bond acceptors (Lipinski definition) is 4. The van der Waals surface area contributed by atoms with E-state index in [0.29, 0.717) is 6.54 Å². The molecule has 3 unspecified atom stereocenters. The van der Waals surface area contributed by atoms with Crippen LogP contribution >= 0.6 is 11.3 Å². The monoisotopic (exact) mass is 269 g/mol. The van der Waals surface area contributed by atoms with Crippen molar-refractivity contribution in [1.82, 2.24) is 10.2 Å². The van der Waals surface area contributed by atoms with Crippen LogP contribution in [-0.4, -0.2) is 37.5 Å². The van der Waals surface area contributed by atoms with Gasteiger partial charge in [0.05, 0.1) is 6.04 Å². The highest BCUT2D eigenvalue weighted by Crippen LogP contribution is 2.25. The van der Waals surface area contributed by atoms with Gasteiger partial charge >= 0.3 is 0 Å². The zero-order valence-electron chi connectivity index (χ0n) is 11.5. The van der Waals surface area contributed by atoms with E-state index in [2.05, 4.69) is 27.0 Å². The molecule has 3 atom stereocenters. The summed E-state index contributed by atoms with van der Waals surface area (Å²) in [5, 5.41) is 6.85. The van der Waals surface area contributed by atoms with Gasteiger partial charge in [-0.25, -0.2) is 0 Å². The molecule has 0 fully saturated rings. The van der Waals surface area contributed by atoms with Gasteiger partial charge in [0.2, 0.25) is 5.91 Å². The number of nitrogens with one attached hydrogen (secondary N) is 1. The molecule has 1 amide bonds. The van der Waals surface area contributed by atoms with Crippen LogP contribution in [0, 0.1) is 5.92 Å². The predicted octanol–water partition coefficient (Wildman–Crippen LogP) is 1.45. The number of nitrogens with two attached hydrogens (primary N) is 1. The number of likely N-dealkylation sites (N-methyl/N-ethyl adjacent to an activating group) is 1. The number of amides is 1. The van der Waals surface area contributed by atoms with Crippen molar-refractivity contribution < 1.29 is 4.79 Å². The van der Waals surface area contributed by atoms with E-state index in [-0.39, 0.29) is 23.9 Å². The highest BCUT2D eigenvalue weighted by atomic mass is 32.1. The van der Waals surface area contributed by atoms with Crippen molar-refractivity contribution in [2.24, 2.45) is 11.7 Å². The topological polar surface area (TPSA) is 58.4 Å². The summed E-state index contributed by atoms with van der Waals surface area (Å²) in [6, 6.07) is 2.28.